The van der Waals surface area contributed by atoms with Crippen molar-refractivity contribution in [2.75, 3.05) is 12.3 Å². The van der Waals surface area contributed by atoms with Gasteiger partial charge in [0.25, 0.3) is 0 Å². The SMILES string of the molecule is CC(C)C(NS(=O)(=O)CCCN)c1cccs1. The van der Waals surface area contributed by atoms with Crippen LogP contribution in [0.1, 0.15) is 31.2 Å². The number of nitrogens with one attached hydrogen (secondary N) is 1. The highest BCUT2D eigenvalue weighted by Gasteiger charge is 2.22. The summed E-state index contributed by atoms with van der Waals surface area (Å²) < 4.78 is 26.4. The minimum atomic E-state index is -3.24. The highest BCUT2D eigenvalue weighted by atomic mass is 32.2. The van der Waals surface area contributed by atoms with Crippen LogP contribution in [0.25, 0.3) is 0 Å². The smallest absolute Gasteiger partial charge is 0.212 e. The van der Waals surface area contributed by atoms with Crippen LogP contribution in [0.15, 0.2) is 17.5 Å². The Morgan fingerprint density at radius 2 is 2.18 bits per heavy atom. The van der Waals surface area contributed by atoms with Crippen molar-refractivity contribution < 1.29 is 8.42 Å². The molecule has 0 amide bonds. The van der Waals surface area contributed by atoms with Gasteiger partial charge < -0.3 is 5.73 Å². The minimum Gasteiger partial charge on any atom is -0.330 e. The first-order valence-corrected chi connectivity index (χ1v) is 8.23. The van der Waals surface area contributed by atoms with Gasteiger partial charge in [-0.1, -0.05) is 19.9 Å². The zero-order valence-electron chi connectivity index (χ0n) is 10.2. The van der Waals surface area contributed by atoms with Crippen LogP contribution in [0.5, 0.6) is 0 Å². The van der Waals surface area contributed by atoms with E-state index in [1.54, 1.807) is 11.3 Å². The Labute approximate surface area is 107 Å². The summed E-state index contributed by atoms with van der Waals surface area (Å²) in [4.78, 5) is 1.05. The Kier molecular flexibility index (Phi) is 5.58. The molecule has 17 heavy (non-hydrogen) atoms. The van der Waals surface area contributed by atoms with Crippen LogP contribution in [0.2, 0.25) is 0 Å². The van der Waals surface area contributed by atoms with Gasteiger partial charge in [-0.05, 0) is 30.3 Å². The van der Waals surface area contributed by atoms with Crippen LogP contribution in [0.4, 0.5) is 0 Å². The quantitative estimate of drug-likeness (QED) is 0.796. The minimum absolute atomic E-state index is 0.0953. The van der Waals surface area contributed by atoms with E-state index >= 15 is 0 Å². The summed E-state index contributed by atoms with van der Waals surface area (Å²) in [6.07, 6.45) is 0.491. The van der Waals surface area contributed by atoms with Crippen molar-refractivity contribution in [3.05, 3.63) is 22.4 Å². The third-order valence-electron chi connectivity index (χ3n) is 2.44. The normalized spacial score (nSPS) is 14.1. The van der Waals surface area contributed by atoms with Gasteiger partial charge in [0.05, 0.1) is 11.8 Å². The summed E-state index contributed by atoms with van der Waals surface area (Å²) in [7, 11) is -3.24. The van der Waals surface area contributed by atoms with E-state index in [0.29, 0.717) is 13.0 Å². The summed E-state index contributed by atoms with van der Waals surface area (Å²) >= 11 is 1.57. The molecule has 0 aliphatic carbocycles. The van der Waals surface area contributed by atoms with Crippen molar-refractivity contribution in [3.8, 4) is 0 Å². The fourth-order valence-corrected chi connectivity index (χ4v) is 3.99. The predicted molar refractivity (Wildman–Crippen MR) is 72.5 cm³/mol. The number of hydrogen-bond donors (Lipinski definition) is 2. The molecule has 4 nitrogen and oxygen atoms in total. The first-order valence-electron chi connectivity index (χ1n) is 5.69. The molecule has 3 N–H and O–H groups in total. The maximum atomic E-state index is 11.8. The van der Waals surface area contributed by atoms with Gasteiger partial charge in [-0.15, -0.1) is 11.3 Å². The lowest BCUT2D eigenvalue weighted by Crippen LogP contribution is -2.33. The molecule has 0 radical (unpaired) electrons. The monoisotopic (exact) mass is 276 g/mol. The van der Waals surface area contributed by atoms with Crippen molar-refractivity contribution in [2.24, 2.45) is 11.7 Å². The molecule has 1 aromatic rings. The lowest BCUT2D eigenvalue weighted by Gasteiger charge is -2.21. The number of rotatable bonds is 7. The van der Waals surface area contributed by atoms with Gasteiger partial charge in [-0.2, -0.15) is 0 Å². The molecule has 1 aromatic heterocycles. The largest absolute Gasteiger partial charge is 0.330 e. The Morgan fingerprint density at radius 1 is 1.47 bits per heavy atom. The summed E-state index contributed by atoms with van der Waals surface area (Å²) in [5.74, 6) is 0.319. The molecule has 1 unspecified atom stereocenters. The van der Waals surface area contributed by atoms with Crippen LogP contribution >= 0.6 is 11.3 Å². The highest BCUT2D eigenvalue weighted by Crippen LogP contribution is 2.26. The topological polar surface area (TPSA) is 72.2 Å². The van der Waals surface area contributed by atoms with Crippen molar-refractivity contribution >= 4 is 21.4 Å². The van der Waals surface area contributed by atoms with Crippen LogP contribution < -0.4 is 10.5 Å². The van der Waals surface area contributed by atoms with E-state index in [0.717, 1.165) is 4.88 Å². The second-order valence-corrected chi connectivity index (χ2v) is 7.17. The number of thiophene rings is 1. The standard InChI is InChI=1S/C11H20N2O2S2/c1-9(2)11(10-5-3-7-16-10)13-17(14,15)8-4-6-12/h3,5,7,9,11,13H,4,6,8,12H2,1-2H3. The zero-order valence-corrected chi connectivity index (χ0v) is 11.9. The fourth-order valence-electron chi connectivity index (χ4n) is 1.52. The van der Waals surface area contributed by atoms with Gasteiger partial charge in [-0.25, -0.2) is 13.1 Å². The summed E-state index contributed by atoms with van der Waals surface area (Å²) in [5.41, 5.74) is 5.33. The van der Waals surface area contributed by atoms with Gasteiger partial charge in [0.1, 0.15) is 0 Å². The van der Waals surface area contributed by atoms with E-state index < -0.39 is 10.0 Å². The molecule has 1 rings (SSSR count). The molecule has 0 fully saturated rings. The third kappa shape index (κ3) is 4.75. The van der Waals surface area contributed by atoms with E-state index in [1.807, 2.05) is 31.4 Å². The molecule has 0 bridgehead atoms. The molecule has 0 aromatic carbocycles. The maximum absolute atomic E-state index is 11.8. The molecule has 98 valence electrons. The fraction of sp³-hybridized carbons (Fsp3) is 0.636. The third-order valence-corrected chi connectivity index (χ3v) is 4.83. The number of nitrogens with two attached hydrogens (primary N) is 1. The number of sulfonamides is 1. The first-order chi connectivity index (χ1) is 7.96. The number of hydrogen-bond acceptors (Lipinski definition) is 4. The summed E-state index contributed by atoms with van der Waals surface area (Å²) in [5, 5.41) is 1.96. The van der Waals surface area contributed by atoms with Crippen LogP contribution in [0.3, 0.4) is 0 Å². The molecule has 1 heterocycles. The first kappa shape index (κ1) is 14.6. The van der Waals surface area contributed by atoms with Gasteiger partial charge in [-0.3, -0.25) is 0 Å². The van der Waals surface area contributed by atoms with Gasteiger partial charge in [0, 0.05) is 4.88 Å². The van der Waals surface area contributed by atoms with Crippen LogP contribution in [0, 0.1) is 5.92 Å². The van der Waals surface area contributed by atoms with E-state index in [4.69, 9.17) is 5.73 Å². The van der Waals surface area contributed by atoms with Crippen molar-refractivity contribution in [1.82, 2.24) is 4.72 Å². The Hall–Kier alpha value is -0.430. The second-order valence-electron chi connectivity index (χ2n) is 4.32. The second kappa shape index (κ2) is 6.49. The molecule has 0 aliphatic heterocycles. The van der Waals surface area contributed by atoms with Crippen molar-refractivity contribution in [2.45, 2.75) is 26.3 Å². The molecule has 1 atom stereocenters. The summed E-state index contributed by atoms with van der Waals surface area (Å²) in [6, 6.07) is 3.75. The molecule has 0 spiro atoms. The lowest BCUT2D eigenvalue weighted by atomic mass is 10.0. The molecule has 0 saturated heterocycles. The van der Waals surface area contributed by atoms with E-state index in [9.17, 15) is 8.42 Å². The Bertz CT molecular complexity index is 413. The zero-order chi connectivity index (χ0) is 12.9. The molecular formula is C11H20N2O2S2. The van der Waals surface area contributed by atoms with Gasteiger partial charge in [0.15, 0.2) is 0 Å². The predicted octanol–water partition coefficient (Wildman–Crippen LogP) is 1.71. The molecule has 0 saturated carbocycles. The molecule has 0 aliphatic rings. The Morgan fingerprint density at radius 3 is 2.65 bits per heavy atom. The molecule has 6 heteroatoms. The van der Waals surface area contributed by atoms with E-state index in [1.165, 1.54) is 0 Å². The summed E-state index contributed by atoms with van der Waals surface area (Å²) in [6.45, 7) is 4.41. The Balaban J connectivity index is 2.75. The van der Waals surface area contributed by atoms with Crippen LogP contribution in [-0.2, 0) is 10.0 Å². The van der Waals surface area contributed by atoms with Crippen molar-refractivity contribution in [3.63, 3.8) is 0 Å². The maximum Gasteiger partial charge on any atom is 0.212 e. The highest BCUT2D eigenvalue weighted by molar-refractivity contribution is 7.89. The van der Waals surface area contributed by atoms with E-state index in [-0.39, 0.29) is 17.7 Å². The van der Waals surface area contributed by atoms with Gasteiger partial charge in [0.2, 0.25) is 10.0 Å². The van der Waals surface area contributed by atoms with Crippen LogP contribution in [-0.4, -0.2) is 20.7 Å². The van der Waals surface area contributed by atoms with Gasteiger partial charge >= 0.3 is 0 Å². The lowest BCUT2D eigenvalue weighted by molar-refractivity contribution is 0.468. The van der Waals surface area contributed by atoms with E-state index in [2.05, 4.69) is 4.72 Å². The average molecular weight is 276 g/mol. The van der Waals surface area contributed by atoms with Crippen molar-refractivity contribution in [1.29, 1.82) is 0 Å². The average Bonchev–Trinajstić information content (AvgIpc) is 2.76. The molecular weight excluding hydrogens is 256 g/mol.